The first-order valence-corrected chi connectivity index (χ1v) is 17.9. The van der Waals surface area contributed by atoms with Gasteiger partial charge in [0.05, 0.1) is 35.8 Å². The standard InChI is InChI=1S/C40H43N9O5/c1-48-25-30-21-28(15-17-31(30)44-34(40(48)54)22-37(50)51)39(53)49(26-36-45-32-13-7-8-14-33(32)46-36)20-10-3-2-9-19-41-38(52)29-16-18-35(42-24-29)47-43-23-27-11-5-4-6-12-27/h4-8,11-18,21,23-24,34,44H,2-3,9-10,19-20,22,25-26H2,1H3,(H,41,52)(H,42,47)(H,45,46)(H,50,51)/b43-23+/t34-/m0/s1. The number of anilines is 2. The van der Waals surface area contributed by atoms with Crippen molar-refractivity contribution >= 4 is 52.4 Å². The number of carboxylic acid groups (broad SMARTS) is 1. The van der Waals surface area contributed by atoms with Crippen molar-refractivity contribution in [1.29, 1.82) is 0 Å². The lowest BCUT2D eigenvalue weighted by molar-refractivity contribution is -0.141. The quantitative estimate of drug-likeness (QED) is 0.0513. The van der Waals surface area contributed by atoms with Crippen LogP contribution < -0.4 is 16.1 Å². The minimum atomic E-state index is -1.08. The lowest BCUT2D eigenvalue weighted by Crippen LogP contribution is -2.39. The topological polar surface area (TPSA) is 185 Å². The van der Waals surface area contributed by atoms with Gasteiger partial charge in [-0.2, -0.15) is 5.10 Å². The normalized spacial score (nSPS) is 14.0. The van der Waals surface area contributed by atoms with Crippen LogP contribution in [0.2, 0.25) is 0 Å². The number of hydrogen-bond acceptors (Lipinski definition) is 9. The van der Waals surface area contributed by atoms with Crippen LogP contribution in [-0.4, -0.2) is 85.9 Å². The molecule has 278 valence electrons. The summed E-state index contributed by atoms with van der Waals surface area (Å²) in [6, 6.07) is 25.1. The fraction of sp³-hybridized carbons (Fsp3) is 0.275. The number of amides is 3. The first-order valence-electron chi connectivity index (χ1n) is 17.9. The van der Waals surface area contributed by atoms with Gasteiger partial charge >= 0.3 is 5.97 Å². The molecule has 0 aliphatic carbocycles. The number of carbonyl (C=O) groups is 4. The van der Waals surface area contributed by atoms with E-state index in [1.54, 1.807) is 48.5 Å². The highest BCUT2D eigenvalue weighted by atomic mass is 16.4. The lowest BCUT2D eigenvalue weighted by Gasteiger charge is -2.23. The van der Waals surface area contributed by atoms with Crippen molar-refractivity contribution in [3.05, 3.63) is 119 Å². The molecule has 0 unspecified atom stereocenters. The predicted molar refractivity (Wildman–Crippen MR) is 206 cm³/mol. The summed E-state index contributed by atoms with van der Waals surface area (Å²) in [6.07, 6.45) is 6.07. The van der Waals surface area contributed by atoms with Crippen LogP contribution in [0.15, 0.2) is 96.2 Å². The zero-order valence-electron chi connectivity index (χ0n) is 30.0. The largest absolute Gasteiger partial charge is 0.481 e. The van der Waals surface area contributed by atoms with Crippen LogP contribution in [0.3, 0.4) is 0 Å². The molecule has 5 aromatic rings. The van der Waals surface area contributed by atoms with Crippen molar-refractivity contribution in [3.63, 3.8) is 0 Å². The zero-order chi connectivity index (χ0) is 37.9. The number of imidazole rings is 1. The molecular formula is C40H43N9O5. The van der Waals surface area contributed by atoms with Crippen molar-refractivity contribution in [2.24, 2.45) is 5.10 Å². The molecule has 6 rings (SSSR count). The second-order valence-corrected chi connectivity index (χ2v) is 13.2. The van der Waals surface area contributed by atoms with Gasteiger partial charge in [0.15, 0.2) is 0 Å². The molecule has 54 heavy (non-hydrogen) atoms. The van der Waals surface area contributed by atoms with Crippen molar-refractivity contribution in [2.75, 3.05) is 30.9 Å². The number of likely N-dealkylation sites (N-methyl/N-ethyl adjacent to an activating group) is 1. The third-order valence-corrected chi connectivity index (χ3v) is 9.07. The van der Waals surface area contributed by atoms with Gasteiger partial charge in [0, 0.05) is 44.1 Å². The molecule has 0 fully saturated rings. The van der Waals surface area contributed by atoms with E-state index in [1.165, 1.54) is 11.1 Å². The highest BCUT2D eigenvalue weighted by Crippen LogP contribution is 2.26. The highest BCUT2D eigenvalue weighted by molar-refractivity contribution is 5.96. The molecule has 5 N–H and O–H groups in total. The second kappa shape index (κ2) is 17.8. The molecule has 2 aromatic heterocycles. The van der Waals surface area contributed by atoms with Crippen molar-refractivity contribution < 1.29 is 24.3 Å². The van der Waals surface area contributed by atoms with Gasteiger partial charge in [-0.3, -0.25) is 24.6 Å². The minimum absolute atomic E-state index is 0.177. The van der Waals surface area contributed by atoms with E-state index in [0.717, 1.165) is 47.8 Å². The Balaban J connectivity index is 1.01. The second-order valence-electron chi connectivity index (χ2n) is 13.2. The van der Waals surface area contributed by atoms with E-state index in [4.69, 9.17) is 4.98 Å². The number of rotatable bonds is 16. The number of pyridine rings is 1. The number of hydrazone groups is 1. The Morgan fingerprint density at radius 1 is 0.981 bits per heavy atom. The van der Waals surface area contributed by atoms with Gasteiger partial charge in [-0.15, -0.1) is 0 Å². The van der Waals surface area contributed by atoms with Gasteiger partial charge in [-0.1, -0.05) is 55.3 Å². The van der Waals surface area contributed by atoms with Crippen LogP contribution in [-0.2, 0) is 22.7 Å². The molecule has 0 saturated heterocycles. The summed E-state index contributed by atoms with van der Waals surface area (Å²) in [6.45, 7) is 1.51. The summed E-state index contributed by atoms with van der Waals surface area (Å²) >= 11 is 0. The van der Waals surface area contributed by atoms with E-state index in [1.807, 2.05) is 54.6 Å². The molecule has 0 bridgehead atoms. The number of aliphatic carboxylic acids is 1. The Hall–Kier alpha value is -6.57. The molecule has 1 aliphatic rings. The maximum absolute atomic E-state index is 14.0. The number of unbranched alkanes of at least 4 members (excludes halogenated alkanes) is 3. The fourth-order valence-corrected chi connectivity index (χ4v) is 6.25. The van der Waals surface area contributed by atoms with Gasteiger partial charge in [-0.05, 0) is 66.4 Å². The molecule has 1 aliphatic heterocycles. The molecule has 1 atom stereocenters. The zero-order valence-corrected chi connectivity index (χ0v) is 30.0. The number of nitrogens with zero attached hydrogens (tertiary/aromatic N) is 5. The number of aromatic nitrogens is 3. The van der Waals surface area contributed by atoms with Crippen LogP contribution in [0.25, 0.3) is 11.0 Å². The summed E-state index contributed by atoms with van der Waals surface area (Å²) < 4.78 is 0. The van der Waals surface area contributed by atoms with E-state index in [9.17, 15) is 24.3 Å². The SMILES string of the molecule is CN1Cc2cc(C(=O)N(CCCCCCNC(=O)c3ccc(N/N=C/c4ccccc4)nc3)Cc3nc4ccccc4[nH]3)ccc2N[C@@H](CC(=O)O)C1=O. The van der Waals surface area contributed by atoms with Crippen LogP contribution in [0.4, 0.5) is 11.5 Å². The van der Waals surface area contributed by atoms with Crippen LogP contribution in [0.1, 0.15) is 69.8 Å². The first kappa shape index (κ1) is 37.2. The minimum Gasteiger partial charge on any atom is -0.481 e. The number of H-pyrrole nitrogens is 1. The van der Waals surface area contributed by atoms with Gasteiger partial charge in [-0.25, -0.2) is 9.97 Å². The maximum atomic E-state index is 14.0. The number of para-hydroxylation sites is 2. The van der Waals surface area contributed by atoms with E-state index in [2.05, 4.69) is 31.1 Å². The predicted octanol–water partition coefficient (Wildman–Crippen LogP) is 5.26. The number of hydrogen-bond donors (Lipinski definition) is 5. The summed E-state index contributed by atoms with van der Waals surface area (Å²) in [4.78, 5) is 66.5. The monoisotopic (exact) mass is 729 g/mol. The number of carbonyl (C=O) groups excluding carboxylic acids is 3. The molecule has 3 heterocycles. The molecule has 0 spiro atoms. The average molecular weight is 730 g/mol. The van der Waals surface area contributed by atoms with Gasteiger partial charge in [0.2, 0.25) is 5.91 Å². The fourth-order valence-electron chi connectivity index (χ4n) is 6.25. The van der Waals surface area contributed by atoms with Crippen LogP contribution >= 0.6 is 0 Å². The average Bonchev–Trinajstić information content (AvgIpc) is 3.55. The third kappa shape index (κ3) is 9.85. The Morgan fingerprint density at radius 3 is 2.54 bits per heavy atom. The lowest BCUT2D eigenvalue weighted by atomic mass is 10.1. The van der Waals surface area contributed by atoms with E-state index in [-0.39, 0.29) is 37.2 Å². The summed E-state index contributed by atoms with van der Waals surface area (Å²) in [5.74, 6) is -0.576. The maximum Gasteiger partial charge on any atom is 0.305 e. The Labute approximate surface area is 312 Å². The van der Waals surface area contributed by atoms with Crippen molar-refractivity contribution in [1.82, 2.24) is 30.1 Å². The molecule has 14 nitrogen and oxygen atoms in total. The number of benzene rings is 3. The molecular weight excluding hydrogens is 686 g/mol. The summed E-state index contributed by atoms with van der Waals surface area (Å²) in [5, 5.41) is 19.5. The Bertz CT molecular complexity index is 2080. The smallest absolute Gasteiger partial charge is 0.305 e. The first-order chi connectivity index (χ1) is 26.2. The number of carboxylic acids is 1. The van der Waals surface area contributed by atoms with E-state index in [0.29, 0.717) is 41.5 Å². The summed E-state index contributed by atoms with van der Waals surface area (Å²) in [5.41, 5.74) is 7.80. The Morgan fingerprint density at radius 2 is 1.76 bits per heavy atom. The van der Waals surface area contributed by atoms with E-state index >= 15 is 0 Å². The molecule has 3 aromatic carbocycles. The molecule has 3 amide bonds. The van der Waals surface area contributed by atoms with Crippen molar-refractivity contribution in [3.8, 4) is 0 Å². The number of fused-ring (bicyclic) bond motifs is 2. The number of nitrogens with one attached hydrogen (secondary N) is 4. The number of aromatic amines is 1. The molecule has 0 saturated carbocycles. The molecule has 14 heteroatoms. The van der Waals surface area contributed by atoms with Gasteiger partial charge in [0.25, 0.3) is 11.8 Å². The van der Waals surface area contributed by atoms with Crippen LogP contribution in [0, 0.1) is 0 Å². The van der Waals surface area contributed by atoms with Gasteiger partial charge < -0.3 is 30.5 Å². The Kier molecular flexibility index (Phi) is 12.2. The van der Waals surface area contributed by atoms with Gasteiger partial charge in [0.1, 0.15) is 17.7 Å². The van der Waals surface area contributed by atoms with Crippen LogP contribution in [0.5, 0.6) is 0 Å². The highest BCUT2D eigenvalue weighted by Gasteiger charge is 2.30. The van der Waals surface area contributed by atoms with Crippen molar-refractivity contribution in [2.45, 2.75) is 51.2 Å². The molecule has 0 radical (unpaired) electrons. The van der Waals surface area contributed by atoms with E-state index < -0.39 is 12.0 Å². The third-order valence-electron chi connectivity index (χ3n) is 9.07. The summed E-state index contributed by atoms with van der Waals surface area (Å²) in [7, 11) is 1.62.